The lowest BCUT2D eigenvalue weighted by molar-refractivity contribution is -0.122. The van der Waals surface area contributed by atoms with Gasteiger partial charge in [0.25, 0.3) is 0 Å². The fourth-order valence-electron chi connectivity index (χ4n) is 4.27. The number of fused-ring (bicyclic) bond motifs is 1. The van der Waals surface area contributed by atoms with Crippen LogP contribution in [0, 0.1) is 6.92 Å². The summed E-state index contributed by atoms with van der Waals surface area (Å²) >= 11 is 0. The first kappa shape index (κ1) is 22.7. The van der Waals surface area contributed by atoms with Gasteiger partial charge in [0.2, 0.25) is 23.6 Å². The number of anilines is 1. The number of nitrogens with one attached hydrogen (secondary N) is 1. The number of amides is 1. The molecule has 35 heavy (non-hydrogen) atoms. The van der Waals surface area contributed by atoms with E-state index in [1.165, 1.54) is 0 Å². The molecular formula is C25H27N7O3. The van der Waals surface area contributed by atoms with Crippen molar-refractivity contribution in [3.05, 3.63) is 54.2 Å². The van der Waals surface area contributed by atoms with Crippen molar-refractivity contribution in [2.24, 2.45) is 0 Å². The van der Waals surface area contributed by atoms with Gasteiger partial charge in [-0.05, 0) is 57.0 Å². The van der Waals surface area contributed by atoms with Crippen LogP contribution in [-0.2, 0) is 11.2 Å². The Morgan fingerprint density at radius 2 is 2.14 bits per heavy atom. The number of hydrogen-bond acceptors (Lipinski definition) is 9. The van der Waals surface area contributed by atoms with Crippen molar-refractivity contribution in [2.75, 3.05) is 24.6 Å². The number of benzene rings is 1. The van der Waals surface area contributed by atoms with Gasteiger partial charge in [-0.15, -0.1) is 0 Å². The van der Waals surface area contributed by atoms with Crippen molar-refractivity contribution in [1.82, 2.24) is 30.4 Å². The summed E-state index contributed by atoms with van der Waals surface area (Å²) in [5.41, 5.74) is 2.34. The lowest BCUT2D eigenvalue weighted by Crippen LogP contribution is -2.44. The van der Waals surface area contributed by atoms with Gasteiger partial charge < -0.3 is 19.5 Å². The third-order valence-corrected chi connectivity index (χ3v) is 5.97. The summed E-state index contributed by atoms with van der Waals surface area (Å²) < 4.78 is 10.9. The van der Waals surface area contributed by atoms with E-state index in [9.17, 15) is 4.79 Å². The van der Waals surface area contributed by atoms with Crippen LogP contribution in [0.2, 0.25) is 0 Å². The van der Waals surface area contributed by atoms with E-state index >= 15 is 0 Å². The van der Waals surface area contributed by atoms with E-state index in [0.29, 0.717) is 42.9 Å². The summed E-state index contributed by atoms with van der Waals surface area (Å²) in [6, 6.07) is 11.0. The highest BCUT2D eigenvalue weighted by atomic mass is 16.5. The van der Waals surface area contributed by atoms with Gasteiger partial charge in [0.1, 0.15) is 17.5 Å². The number of aromatic nitrogens is 5. The van der Waals surface area contributed by atoms with Crippen LogP contribution in [0.3, 0.4) is 0 Å². The smallest absolute Gasteiger partial charge is 0.242 e. The molecular weight excluding hydrogens is 446 g/mol. The standard InChI is InChI=1S/C25H27N7O3/c1-3-34-17-9-10-19-18(15-17)16(2)28-25(29-19)32-14-6-8-21(32)24(33)27-13-11-22-30-23(31-35-22)20-7-4-5-12-26-20/h4-5,7,9-10,12,15,21H,3,6,8,11,13-14H2,1-2H3,(H,27,33). The third-order valence-electron chi connectivity index (χ3n) is 5.97. The Morgan fingerprint density at radius 3 is 2.97 bits per heavy atom. The minimum Gasteiger partial charge on any atom is -0.494 e. The highest BCUT2D eigenvalue weighted by molar-refractivity contribution is 5.87. The van der Waals surface area contributed by atoms with Crippen LogP contribution < -0.4 is 15.0 Å². The number of hydrogen-bond donors (Lipinski definition) is 1. The van der Waals surface area contributed by atoms with Gasteiger partial charge in [0.15, 0.2) is 0 Å². The molecule has 10 nitrogen and oxygen atoms in total. The van der Waals surface area contributed by atoms with E-state index in [0.717, 1.165) is 41.7 Å². The Hall–Kier alpha value is -4.08. The number of pyridine rings is 1. The Labute approximate surface area is 202 Å². The molecule has 5 rings (SSSR count). The van der Waals surface area contributed by atoms with Gasteiger partial charge in [0.05, 0.1) is 17.8 Å². The number of carbonyl (C=O) groups excluding carboxylic acids is 1. The third kappa shape index (κ3) is 4.91. The van der Waals surface area contributed by atoms with Gasteiger partial charge in [-0.25, -0.2) is 9.97 Å². The molecule has 1 amide bonds. The zero-order valence-corrected chi connectivity index (χ0v) is 19.8. The largest absolute Gasteiger partial charge is 0.494 e. The molecule has 180 valence electrons. The number of carbonyl (C=O) groups is 1. The summed E-state index contributed by atoms with van der Waals surface area (Å²) in [6.45, 7) is 5.64. The summed E-state index contributed by atoms with van der Waals surface area (Å²) in [5, 5.41) is 7.92. The molecule has 1 N–H and O–H groups in total. The molecule has 0 saturated carbocycles. The molecule has 1 unspecified atom stereocenters. The van der Waals surface area contributed by atoms with Crippen molar-refractivity contribution < 1.29 is 14.1 Å². The summed E-state index contributed by atoms with van der Waals surface area (Å²) in [4.78, 5) is 33.1. The fraction of sp³-hybridized carbons (Fsp3) is 0.360. The predicted octanol–water partition coefficient (Wildman–Crippen LogP) is 3.11. The zero-order valence-electron chi connectivity index (χ0n) is 19.8. The molecule has 4 heterocycles. The van der Waals surface area contributed by atoms with E-state index in [-0.39, 0.29) is 11.9 Å². The van der Waals surface area contributed by atoms with E-state index < -0.39 is 0 Å². The fourth-order valence-corrected chi connectivity index (χ4v) is 4.27. The van der Waals surface area contributed by atoms with Gasteiger partial charge in [-0.3, -0.25) is 9.78 Å². The topological polar surface area (TPSA) is 119 Å². The molecule has 1 aliphatic rings. The first-order valence-electron chi connectivity index (χ1n) is 11.8. The molecule has 1 aromatic carbocycles. The summed E-state index contributed by atoms with van der Waals surface area (Å²) in [6.07, 6.45) is 3.77. The van der Waals surface area contributed by atoms with Crippen molar-refractivity contribution in [1.29, 1.82) is 0 Å². The predicted molar refractivity (Wildman–Crippen MR) is 130 cm³/mol. The number of aryl methyl sites for hydroxylation is 1. The molecule has 1 fully saturated rings. The first-order valence-corrected chi connectivity index (χ1v) is 11.8. The maximum absolute atomic E-state index is 13.0. The Balaban J connectivity index is 1.23. The normalized spacial score (nSPS) is 15.5. The minimum absolute atomic E-state index is 0.0555. The molecule has 10 heteroatoms. The molecule has 0 bridgehead atoms. The van der Waals surface area contributed by atoms with Crippen molar-refractivity contribution in [3.8, 4) is 17.3 Å². The molecule has 0 aliphatic carbocycles. The monoisotopic (exact) mass is 473 g/mol. The molecule has 1 atom stereocenters. The zero-order chi connectivity index (χ0) is 24.2. The maximum atomic E-state index is 13.0. The van der Waals surface area contributed by atoms with Gasteiger partial charge in [0, 0.05) is 31.1 Å². The van der Waals surface area contributed by atoms with E-state index in [1.807, 2.05) is 55.1 Å². The summed E-state index contributed by atoms with van der Waals surface area (Å²) in [7, 11) is 0. The lowest BCUT2D eigenvalue weighted by Gasteiger charge is -2.24. The van der Waals surface area contributed by atoms with Crippen LogP contribution in [0.15, 0.2) is 47.1 Å². The summed E-state index contributed by atoms with van der Waals surface area (Å²) in [5.74, 6) is 2.21. The van der Waals surface area contributed by atoms with E-state index in [1.54, 1.807) is 6.20 Å². The molecule has 4 aromatic rings. The molecule has 0 radical (unpaired) electrons. The molecule has 1 saturated heterocycles. The van der Waals surface area contributed by atoms with E-state index in [2.05, 4.69) is 20.4 Å². The van der Waals surface area contributed by atoms with Crippen LogP contribution in [0.25, 0.3) is 22.4 Å². The Kier molecular flexibility index (Phi) is 6.51. The second-order valence-corrected chi connectivity index (χ2v) is 8.34. The Morgan fingerprint density at radius 1 is 1.23 bits per heavy atom. The van der Waals surface area contributed by atoms with E-state index in [4.69, 9.17) is 19.2 Å². The van der Waals surface area contributed by atoms with Crippen molar-refractivity contribution in [2.45, 2.75) is 39.2 Å². The number of rotatable bonds is 8. The molecule has 3 aromatic heterocycles. The maximum Gasteiger partial charge on any atom is 0.242 e. The van der Waals surface area contributed by atoms with Crippen LogP contribution in [0.4, 0.5) is 5.95 Å². The van der Waals surface area contributed by atoms with Crippen LogP contribution in [0.1, 0.15) is 31.4 Å². The quantitative estimate of drug-likeness (QED) is 0.412. The average Bonchev–Trinajstić information content (AvgIpc) is 3.55. The molecule has 1 aliphatic heterocycles. The minimum atomic E-state index is -0.318. The second kappa shape index (κ2) is 10.0. The average molecular weight is 474 g/mol. The first-order chi connectivity index (χ1) is 17.1. The van der Waals surface area contributed by atoms with Crippen molar-refractivity contribution >= 4 is 22.8 Å². The lowest BCUT2D eigenvalue weighted by atomic mass is 10.2. The van der Waals surface area contributed by atoms with Gasteiger partial charge in [-0.2, -0.15) is 4.98 Å². The van der Waals surface area contributed by atoms with Crippen LogP contribution in [0.5, 0.6) is 5.75 Å². The van der Waals surface area contributed by atoms with Crippen LogP contribution in [-0.4, -0.2) is 56.7 Å². The Bertz CT molecular complexity index is 1330. The second-order valence-electron chi connectivity index (χ2n) is 8.34. The number of ether oxygens (including phenoxy) is 1. The van der Waals surface area contributed by atoms with Crippen molar-refractivity contribution in [3.63, 3.8) is 0 Å². The highest BCUT2D eigenvalue weighted by Gasteiger charge is 2.32. The SMILES string of the molecule is CCOc1ccc2nc(N3CCCC3C(=O)NCCc3nc(-c4ccccn4)no3)nc(C)c2c1. The number of nitrogens with zero attached hydrogens (tertiary/aromatic N) is 6. The van der Waals surface area contributed by atoms with Gasteiger partial charge in [-0.1, -0.05) is 11.2 Å². The highest BCUT2D eigenvalue weighted by Crippen LogP contribution is 2.28. The molecule has 0 spiro atoms. The van der Waals surface area contributed by atoms with Gasteiger partial charge >= 0.3 is 0 Å². The van der Waals surface area contributed by atoms with Crippen LogP contribution >= 0.6 is 0 Å².